The lowest BCUT2D eigenvalue weighted by atomic mass is 9.99. The molecular formula is C10H20O6. The minimum atomic E-state index is -1.38. The van der Waals surface area contributed by atoms with Crippen LogP contribution in [0.15, 0.2) is 0 Å². The van der Waals surface area contributed by atoms with Crippen LogP contribution in [0.4, 0.5) is 0 Å². The van der Waals surface area contributed by atoms with Crippen molar-refractivity contribution in [2.75, 3.05) is 6.61 Å². The molecule has 1 heterocycles. The van der Waals surface area contributed by atoms with E-state index in [1.165, 1.54) is 0 Å². The summed E-state index contributed by atoms with van der Waals surface area (Å²) >= 11 is 0. The Bertz CT molecular complexity index is 209. The summed E-state index contributed by atoms with van der Waals surface area (Å²) in [4.78, 5) is 0. The average molecular weight is 236 g/mol. The summed E-state index contributed by atoms with van der Waals surface area (Å²) in [5.41, 5.74) is 0. The molecule has 6 nitrogen and oxygen atoms in total. The van der Waals surface area contributed by atoms with E-state index < -0.39 is 37.3 Å². The summed E-state index contributed by atoms with van der Waals surface area (Å²) in [7, 11) is 0. The molecule has 0 aromatic rings. The first kappa shape index (κ1) is 13.8. The zero-order valence-corrected chi connectivity index (χ0v) is 9.48. The van der Waals surface area contributed by atoms with E-state index >= 15 is 0 Å². The molecule has 0 unspecified atom stereocenters. The Kier molecular flexibility index (Phi) is 5.10. The summed E-state index contributed by atoms with van der Waals surface area (Å²) in [6.45, 7) is 3.28. The highest BCUT2D eigenvalue weighted by Gasteiger charge is 2.44. The number of hydrogen-bond donors (Lipinski definition) is 4. The molecule has 0 aromatic heterocycles. The fraction of sp³-hybridized carbons (Fsp3) is 1.00. The lowest BCUT2D eigenvalue weighted by molar-refractivity contribution is -0.310. The molecule has 0 aromatic carbocycles. The van der Waals surface area contributed by atoms with Gasteiger partial charge in [-0.1, -0.05) is 6.92 Å². The van der Waals surface area contributed by atoms with Crippen LogP contribution >= 0.6 is 0 Å². The zero-order chi connectivity index (χ0) is 12.3. The second kappa shape index (κ2) is 5.90. The van der Waals surface area contributed by atoms with E-state index in [0.717, 1.165) is 6.42 Å². The van der Waals surface area contributed by atoms with Gasteiger partial charge in [0, 0.05) is 0 Å². The van der Waals surface area contributed by atoms with Gasteiger partial charge in [0.05, 0.1) is 12.7 Å². The van der Waals surface area contributed by atoms with E-state index in [4.69, 9.17) is 14.6 Å². The van der Waals surface area contributed by atoms with Gasteiger partial charge in [-0.2, -0.15) is 0 Å². The van der Waals surface area contributed by atoms with Crippen LogP contribution in [-0.4, -0.2) is 63.8 Å². The standard InChI is InChI=1S/C10H20O6/c1-3-5(2)15-10-9(14)8(13)7(12)6(4-11)16-10/h5-14H,3-4H2,1-2H3/t5-,6-,7-,8+,9-,10-/m1/s1. The molecule has 16 heavy (non-hydrogen) atoms. The maximum atomic E-state index is 9.62. The van der Waals surface area contributed by atoms with Crippen molar-refractivity contribution in [3.63, 3.8) is 0 Å². The molecule has 0 spiro atoms. The number of aliphatic hydroxyl groups is 4. The van der Waals surface area contributed by atoms with Crippen LogP contribution in [0, 0.1) is 0 Å². The van der Waals surface area contributed by atoms with Crippen molar-refractivity contribution in [2.24, 2.45) is 0 Å². The quantitative estimate of drug-likeness (QED) is 0.479. The smallest absolute Gasteiger partial charge is 0.186 e. The van der Waals surface area contributed by atoms with Crippen molar-refractivity contribution >= 4 is 0 Å². The van der Waals surface area contributed by atoms with Crippen molar-refractivity contribution in [2.45, 2.75) is 57.1 Å². The van der Waals surface area contributed by atoms with Crippen molar-refractivity contribution in [1.82, 2.24) is 0 Å². The first-order valence-electron chi connectivity index (χ1n) is 5.47. The molecule has 1 rings (SSSR count). The van der Waals surface area contributed by atoms with Crippen molar-refractivity contribution in [3.05, 3.63) is 0 Å². The molecule has 0 radical (unpaired) electrons. The van der Waals surface area contributed by atoms with Crippen LogP contribution < -0.4 is 0 Å². The summed E-state index contributed by atoms with van der Waals surface area (Å²) in [6.07, 6.45) is -5.36. The van der Waals surface area contributed by atoms with E-state index in [1.54, 1.807) is 6.92 Å². The van der Waals surface area contributed by atoms with E-state index in [0.29, 0.717) is 0 Å². The highest BCUT2D eigenvalue weighted by atomic mass is 16.7. The summed E-state index contributed by atoms with van der Waals surface area (Å²) in [6, 6.07) is 0. The summed E-state index contributed by atoms with van der Waals surface area (Å²) in [5.74, 6) is 0. The number of hydrogen-bond acceptors (Lipinski definition) is 6. The van der Waals surface area contributed by atoms with Crippen LogP contribution in [0.5, 0.6) is 0 Å². The van der Waals surface area contributed by atoms with Crippen molar-refractivity contribution in [3.8, 4) is 0 Å². The second-order valence-corrected chi connectivity index (χ2v) is 4.05. The Hall–Kier alpha value is -0.240. The largest absolute Gasteiger partial charge is 0.394 e. The van der Waals surface area contributed by atoms with Gasteiger partial charge >= 0.3 is 0 Å². The average Bonchev–Trinajstić information content (AvgIpc) is 2.29. The molecule has 0 saturated carbocycles. The Morgan fingerprint density at radius 1 is 1.19 bits per heavy atom. The highest BCUT2D eigenvalue weighted by Crippen LogP contribution is 2.23. The fourth-order valence-corrected chi connectivity index (χ4v) is 1.50. The molecule has 0 amide bonds. The molecule has 1 saturated heterocycles. The van der Waals surface area contributed by atoms with Gasteiger partial charge in [0.15, 0.2) is 6.29 Å². The topological polar surface area (TPSA) is 99.4 Å². The van der Waals surface area contributed by atoms with Crippen LogP contribution in [0.3, 0.4) is 0 Å². The van der Waals surface area contributed by atoms with Crippen molar-refractivity contribution in [1.29, 1.82) is 0 Å². The van der Waals surface area contributed by atoms with E-state index in [-0.39, 0.29) is 6.10 Å². The van der Waals surface area contributed by atoms with Gasteiger partial charge < -0.3 is 29.9 Å². The van der Waals surface area contributed by atoms with Crippen molar-refractivity contribution < 1.29 is 29.9 Å². The zero-order valence-electron chi connectivity index (χ0n) is 9.48. The van der Waals surface area contributed by atoms with Gasteiger partial charge in [-0.15, -0.1) is 0 Å². The summed E-state index contributed by atoms with van der Waals surface area (Å²) < 4.78 is 10.5. The first-order valence-corrected chi connectivity index (χ1v) is 5.47. The van der Waals surface area contributed by atoms with Gasteiger partial charge in [0.1, 0.15) is 24.4 Å². The Morgan fingerprint density at radius 3 is 2.31 bits per heavy atom. The van der Waals surface area contributed by atoms with Gasteiger partial charge in [-0.05, 0) is 13.3 Å². The number of ether oxygens (including phenoxy) is 2. The molecule has 4 N–H and O–H groups in total. The lowest BCUT2D eigenvalue weighted by Gasteiger charge is -2.40. The van der Waals surface area contributed by atoms with E-state index in [2.05, 4.69) is 0 Å². The van der Waals surface area contributed by atoms with Gasteiger partial charge in [-0.3, -0.25) is 0 Å². The fourth-order valence-electron chi connectivity index (χ4n) is 1.50. The monoisotopic (exact) mass is 236 g/mol. The minimum absolute atomic E-state index is 0.138. The maximum Gasteiger partial charge on any atom is 0.186 e. The normalized spacial score (nSPS) is 42.0. The van der Waals surface area contributed by atoms with E-state index in [1.807, 2.05) is 6.92 Å². The predicted octanol–water partition coefficient (Wildman–Crippen LogP) is -1.40. The molecule has 6 atom stereocenters. The van der Waals surface area contributed by atoms with Crippen LogP contribution in [0.25, 0.3) is 0 Å². The number of rotatable bonds is 4. The molecule has 1 aliphatic rings. The third-order valence-electron chi connectivity index (χ3n) is 2.79. The molecule has 6 heteroatoms. The SMILES string of the molecule is CC[C@@H](C)O[C@@H]1O[C@H](CO)[C@@H](O)[C@H](O)[C@H]1O. The molecule has 0 bridgehead atoms. The third kappa shape index (κ3) is 2.91. The molecule has 1 aliphatic heterocycles. The Morgan fingerprint density at radius 2 is 1.81 bits per heavy atom. The Labute approximate surface area is 94.4 Å². The molecule has 1 fully saturated rings. The maximum absolute atomic E-state index is 9.62. The molecule has 0 aliphatic carbocycles. The van der Waals surface area contributed by atoms with Crippen LogP contribution in [-0.2, 0) is 9.47 Å². The predicted molar refractivity (Wildman–Crippen MR) is 54.6 cm³/mol. The lowest BCUT2D eigenvalue weighted by Crippen LogP contribution is -2.59. The van der Waals surface area contributed by atoms with E-state index in [9.17, 15) is 15.3 Å². The minimum Gasteiger partial charge on any atom is -0.394 e. The van der Waals surface area contributed by atoms with Crippen LogP contribution in [0.2, 0.25) is 0 Å². The number of aliphatic hydroxyl groups excluding tert-OH is 4. The third-order valence-corrected chi connectivity index (χ3v) is 2.79. The molecular weight excluding hydrogens is 216 g/mol. The highest BCUT2D eigenvalue weighted by molar-refractivity contribution is 4.89. The van der Waals surface area contributed by atoms with Crippen LogP contribution in [0.1, 0.15) is 20.3 Å². The Balaban J connectivity index is 2.63. The first-order chi connectivity index (χ1) is 7.51. The second-order valence-electron chi connectivity index (χ2n) is 4.05. The molecule has 96 valence electrons. The van der Waals surface area contributed by atoms with Gasteiger partial charge in [0.25, 0.3) is 0 Å². The summed E-state index contributed by atoms with van der Waals surface area (Å²) in [5, 5.41) is 37.6. The van der Waals surface area contributed by atoms with Gasteiger partial charge in [0.2, 0.25) is 0 Å². The van der Waals surface area contributed by atoms with Gasteiger partial charge in [-0.25, -0.2) is 0 Å².